The molecule has 0 N–H and O–H groups in total. The van der Waals surface area contributed by atoms with E-state index in [2.05, 4.69) is 0 Å². The Bertz CT molecular complexity index is 907. The molecule has 0 amide bonds. The Morgan fingerprint density at radius 2 is 1.73 bits per heavy atom. The van der Waals surface area contributed by atoms with Crippen LogP contribution in [0.3, 0.4) is 0 Å². The molecule has 1 aliphatic heterocycles. The SMILES string of the molecule is COc1ccc(CC2C=C(C)CN2S(=O)(=O)c2ccccc2)cc1OC. The first-order valence-electron chi connectivity index (χ1n) is 8.41. The van der Waals surface area contributed by atoms with E-state index in [0.717, 1.165) is 11.1 Å². The van der Waals surface area contributed by atoms with E-state index in [1.165, 1.54) is 0 Å². The van der Waals surface area contributed by atoms with E-state index in [-0.39, 0.29) is 6.04 Å². The van der Waals surface area contributed by atoms with Crippen molar-refractivity contribution in [2.75, 3.05) is 20.8 Å². The molecule has 0 bridgehead atoms. The quantitative estimate of drug-likeness (QED) is 0.730. The van der Waals surface area contributed by atoms with E-state index in [0.29, 0.717) is 29.4 Å². The average molecular weight is 373 g/mol. The summed E-state index contributed by atoms with van der Waals surface area (Å²) < 4.78 is 38.3. The molecule has 5 nitrogen and oxygen atoms in total. The highest BCUT2D eigenvalue weighted by Gasteiger charge is 2.34. The number of benzene rings is 2. The fraction of sp³-hybridized carbons (Fsp3) is 0.300. The second-order valence-electron chi connectivity index (χ2n) is 6.34. The summed E-state index contributed by atoms with van der Waals surface area (Å²) in [4.78, 5) is 0.320. The normalized spacial score (nSPS) is 17.8. The molecule has 6 heteroatoms. The van der Waals surface area contributed by atoms with Gasteiger partial charge in [0.2, 0.25) is 10.0 Å². The minimum absolute atomic E-state index is 0.224. The van der Waals surface area contributed by atoms with E-state index in [1.807, 2.05) is 37.3 Å². The molecule has 0 radical (unpaired) electrons. The maximum absolute atomic E-state index is 13.1. The van der Waals surface area contributed by atoms with E-state index in [1.54, 1.807) is 42.8 Å². The van der Waals surface area contributed by atoms with Crippen molar-refractivity contribution >= 4 is 10.0 Å². The van der Waals surface area contributed by atoms with Crippen LogP contribution in [0.5, 0.6) is 11.5 Å². The lowest BCUT2D eigenvalue weighted by Crippen LogP contribution is -2.37. The predicted molar refractivity (Wildman–Crippen MR) is 101 cm³/mol. The molecule has 0 fully saturated rings. The van der Waals surface area contributed by atoms with Crippen LogP contribution in [0.1, 0.15) is 12.5 Å². The number of hydrogen-bond donors (Lipinski definition) is 0. The second-order valence-corrected chi connectivity index (χ2v) is 8.23. The summed E-state index contributed by atoms with van der Waals surface area (Å²) in [6.07, 6.45) is 2.60. The molecule has 3 rings (SSSR count). The van der Waals surface area contributed by atoms with E-state index >= 15 is 0 Å². The molecular weight excluding hydrogens is 350 g/mol. The minimum atomic E-state index is -3.54. The highest BCUT2D eigenvalue weighted by Crippen LogP contribution is 2.31. The topological polar surface area (TPSA) is 55.8 Å². The standard InChI is InChI=1S/C20H23NO4S/c1-15-11-17(12-16-9-10-19(24-2)20(13-16)25-3)21(14-15)26(22,23)18-7-5-4-6-8-18/h4-11,13,17H,12,14H2,1-3H3. The summed E-state index contributed by atoms with van der Waals surface area (Å²) in [5, 5.41) is 0. The Labute approximate surface area is 154 Å². The monoisotopic (exact) mass is 373 g/mol. The van der Waals surface area contributed by atoms with Crippen LogP contribution in [0.25, 0.3) is 0 Å². The lowest BCUT2D eigenvalue weighted by molar-refractivity contribution is 0.354. The summed E-state index contributed by atoms with van der Waals surface area (Å²) in [6.45, 7) is 2.37. The van der Waals surface area contributed by atoms with Crippen molar-refractivity contribution in [1.82, 2.24) is 4.31 Å². The van der Waals surface area contributed by atoms with E-state index in [4.69, 9.17) is 9.47 Å². The van der Waals surface area contributed by atoms with Crippen molar-refractivity contribution < 1.29 is 17.9 Å². The third-order valence-corrected chi connectivity index (χ3v) is 6.38. The van der Waals surface area contributed by atoms with E-state index in [9.17, 15) is 8.42 Å². The van der Waals surface area contributed by atoms with Gasteiger partial charge in [-0.2, -0.15) is 4.31 Å². The van der Waals surface area contributed by atoms with Crippen molar-refractivity contribution in [2.24, 2.45) is 0 Å². The minimum Gasteiger partial charge on any atom is -0.493 e. The number of hydrogen-bond acceptors (Lipinski definition) is 4. The molecule has 0 saturated heterocycles. The van der Waals surface area contributed by atoms with E-state index < -0.39 is 10.0 Å². The number of sulfonamides is 1. The van der Waals surface area contributed by atoms with Gasteiger partial charge in [0.15, 0.2) is 11.5 Å². The molecule has 0 spiro atoms. The number of ether oxygens (including phenoxy) is 2. The Balaban J connectivity index is 1.89. The van der Waals surface area contributed by atoms with Gasteiger partial charge in [-0.25, -0.2) is 8.42 Å². The van der Waals surface area contributed by atoms with Crippen LogP contribution < -0.4 is 9.47 Å². The van der Waals surface area contributed by atoms with Gasteiger partial charge in [0, 0.05) is 12.6 Å². The number of nitrogens with zero attached hydrogens (tertiary/aromatic N) is 1. The predicted octanol–water partition coefficient (Wildman–Crippen LogP) is 3.27. The van der Waals surface area contributed by atoms with Gasteiger partial charge in [0.1, 0.15) is 0 Å². The summed E-state index contributed by atoms with van der Waals surface area (Å²) >= 11 is 0. The fourth-order valence-electron chi connectivity index (χ4n) is 3.23. The molecule has 1 unspecified atom stereocenters. The number of methoxy groups -OCH3 is 2. The first-order valence-corrected chi connectivity index (χ1v) is 9.85. The Kier molecular flexibility index (Phi) is 5.34. The molecule has 2 aromatic carbocycles. The van der Waals surface area contributed by atoms with Gasteiger partial charge < -0.3 is 9.47 Å². The first kappa shape index (κ1) is 18.5. The lowest BCUT2D eigenvalue weighted by atomic mass is 10.1. The van der Waals surface area contributed by atoms with Gasteiger partial charge in [0.05, 0.1) is 19.1 Å². The van der Waals surface area contributed by atoms with Crippen LogP contribution in [-0.4, -0.2) is 39.5 Å². The molecule has 0 aliphatic carbocycles. The molecule has 0 saturated carbocycles. The smallest absolute Gasteiger partial charge is 0.243 e. The van der Waals surface area contributed by atoms with Gasteiger partial charge in [-0.3, -0.25) is 0 Å². The van der Waals surface area contributed by atoms with Gasteiger partial charge in [0.25, 0.3) is 0 Å². The molecule has 1 aliphatic rings. The zero-order valence-corrected chi connectivity index (χ0v) is 16.0. The third kappa shape index (κ3) is 3.61. The fourth-order valence-corrected chi connectivity index (χ4v) is 4.87. The lowest BCUT2D eigenvalue weighted by Gasteiger charge is -2.24. The molecule has 1 heterocycles. The van der Waals surface area contributed by atoms with Gasteiger partial charge in [-0.15, -0.1) is 0 Å². The van der Waals surface area contributed by atoms with Crippen LogP contribution in [-0.2, 0) is 16.4 Å². The van der Waals surface area contributed by atoms with Gasteiger partial charge in [-0.1, -0.05) is 35.9 Å². The average Bonchev–Trinajstić information content (AvgIpc) is 3.03. The Morgan fingerprint density at radius 1 is 1.04 bits per heavy atom. The van der Waals surface area contributed by atoms with Crippen LogP contribution in [0, 0.1) is 0 Å². The van der Waals surface area contributed by atoms with Crippen molar-refractivity contribution in [3.8, 4) is 11.5 Å². The van der Waals surface area contributed by atoms with Crippen LogP contribution in [0.2, 0.25) is 0 Å². The Hall–Kier alpha value is -2.31. The third-order valence-electron chi connectivity index (χ3n) is 4.49. The van der Waals surface area contributed by atoms with Crippen molar-refractivity contribution in [3.05, 3.63) is 65.7 Å². The Morgan fingerprint density at radius 3 is 2.38 bits per heavy atom. The highest BCUT2D eigenvalue weighted by molar-refractivity contribution is 7.89. The zero-order valence-electron chi connectivity index (χ0n) is 15.2. The molecule has 0 aromatic heterocycles. The maximum Gasteiger partial charge on any atom is 0.243 e. The van der Waals surface area contributed by atoms with Gasteiger partial charge >= 0.3 is 0 Å². The molecular formula is C20H23NO4S. The first-order chi connectivity index (χ1) is 12.5. The summed E-state index contributed by atoms with van der Waals surface area (Å²) in [5.41, 5.74) is 2.04. The zero-order chi connectivity index (χ0) is 18.7. The van der Waals surface area contributed by atoms with Gasteiger partial charge in [-0.05, 0) is 43.2 Å². The van der Waals surface area contributed by atoms with Crippen LogP contribution in [0.15, 0.2) is 65.1 Å². The molecule has 138 valence electrons. The van der Waals surface area contributed by atoms with Crippen molar-refractivity contribution in [1.29, 1.82) is 0 Å². The molecule has 26 heavy (non-hydrogen) atoms. The van der Waals surface area contributed by atoms with Crippen LogP contribution in [0.4, 0.5) is 0 Å². The van der Waals surface area contributed by atoms with Crippen molar-refractivity contribution in [2.45, 2.75) is 24.3 Å². The second kappa shape index (κ2) is 7.51. The summed E-state index contributed by atoms with van der Waals surface area (Å²) in [7, 11) is -0.361. The molecule has 2 aromatic rings. The molecule has 1 atom stereocenters. The highest BCUT2D eigenvalue weighted by atomic mass is 32.2. The summed E-state index contributed by atoms with van der Waals surface area (Å²) in [6, 6.07) is 14.0. The number of rotatable bonds is 6. The van der Waals surface area contributed by atoms with Crippen molar-refractivity contribution in [3.63, 3.8) is 0 Å². The van der Waals surface area contributed by atoms with Crippen LogP contribution >= 0.6 is 0 Å². The maximum atomic E-state index is 13.1. The largest absolute Gasteiger partial charge is 0.493 e. The summed E-state index contributed by atoms with van der Waals surface area (Å²) in [5.74, 6) is 1.30.